The Balaban J connectivity index is 1.44. The summed E-state index contributed by atoms with van der Waals surface area (Å²) in [5, 5.41) is 3.48. The summed E-state index contributed by atoms with van der Waals surface area (Å²) >= 11 is 0. The molecule has 0 aliphatic carbocycles. The van der Waals surface area contributed by atoms with E-state index in [4.69, 9.17) is 0 Å². The van der Waals surface area contributed by atoms with Gasteiger partial charge in [-0.2, -0.15) is 0 Å². The number of halogens is 1. The highest BCUT2D eigenvalue weighted by molar-refractivity contribution is 6.07. The van der Waals surface area contributed by atoms with Crippen molar-refractivity contribution in [1.82, 2.24) is 24.8 Å². The van der Waals surface area contributed by atoms with E-state index in [1.165, 1.54) is 18.5 Å². The maximum absolute atomic E-state index is 13.4. The van der Waals surface area contributed by atoms with Gasteiger partial charge in [-0.3, -0.25) is 9.78 Å². The molecule has 5 heterocycles. The number of nitrogens with one attached hydrogen (secondary N) is 2. The Kier molecular flexibility index (Phi) is 5.24. The van der Waals surface area contributed by atoms with Crippen molar-refractivity contribution in [2.45, 2.75) is 0 Å². The zero-order valence-corrected chi connectivity index (χ0v) is 17.5. The van der Waals surface area contributed by atoms with E-state index in [1.54, 1.807) is 6.07 Å². The third kappa shape index (κ3) is 4.02. The molecule has 1 aliphatic heterocycles. The van der Waals surface area contributed by atoms with Crippen molar-refractivity contribution < 1.29 is 9.18 Å². The van der Waals surface area contributed by atoms with Crippen LogP contribution in [-0.4, -0.2) is 64.0 Å². The van der Waals surface area contributed by atoms with E-state index in [0.717, 1.165) is 54.7 Å². The van der Waals surface area contributed by atoms with Crippen molar-refractivity contribution >= 4 is 28.4 Å². The van der Waals surface area contributed by atoms with Crippen molar-refractivity contribution in [3.63, 3.8) is 0 Å². The topological polar surface area (TPSA) is 90.0 Å². The molecule has 1 aliphatic rings. The number of piperazine rings is 1. The molecule has 0 atom stereocenters. The first-order chi connectivity index (χ1) is 15.6. The van der Waals surface area contributed by atoms with E-state index < -0.39 is 5.82 Å². The van der Waals surface area contributed by atoms with Gasteiger partial charge in [0.05, 0.1) is 23.6 Å². The molecule has 5 rings (SSSR count). The number of anilines is 2. The smallest absolute Gasteiger partial charge is 0.257 e. The molecule has 32 heavy (non-hydrogen) atoms. The third-order valence-corrected chi connectivity index (χ3v) is 5.64. The van der Waals surface area contributed by atoms with Gasteiger partial charge < -0.3 is 20.1 Å². The number of pyridine rings is 3. The van der Waals surface area contributed by atoms with Gasteiger partial charge in [0.2, 0.25) is 0 Å². The summed E-state index contributed by atoms with van der Waals surface area (Å²) in [6.07, 6.45) is 7.67. The highest BCUT2D eigenvalue weighted by atomic mass is 19.1. The summed E-state index contributed by atoms with van der Waals surface area (Å²) in [5.74, 6) is 0.0374. The van der Waals surface area contributed by atoms with E-state index >= 15 is 0 Å². The number of hydrogen-bond acceptors (Lipinski definition) is 6. The summed E-state index contributed by atoms with van der Waals surface area (Å²) in [4.78, 5) is 33.2. The molecule has 0 unspecified atom stereocenters. The van der Waals surface area contributed by atoms with Gasteiger partial charge in [-0.25, -0.2) is 14.4 Å². The first kappa shape index (κ1) is 20.1. The number of amides is 1. The molecule has 4 aromatic heterocycles. The molecule has 1 saturated heterocycles. The molecule has 1 amide bonds. The van der Waals surface area contributed by atoms with Crippen molar-refractivity contribution in [2.75, 3.05) is 43.4 Å². The molecule has 8 nitrogen and oxygen atoms in total. The molecular weight excluding hydrogens is 409 g/mol. The molecule has 0 spiro atoms. The number of hydrogen-bond donors (Lipinski definition) is 2. The van der Waals surface area contributed by atoms with Gasteiger partial charge in [0.15, 0.2) is 0 Å². The lowest BCUT2D eigenvalue weighted by Crippen LogP contribution is -2.44. The van der Waals surface area contributed by atoms with Crippen molar-refractivity contribution in [2.24, 2.45) is 0 Å². The maximum atomic E-state index is 13.4. The molecule has 162 valence electrons. The van der Waals surface area contributed by atoms with Gasteiger partial charge in [0.25, 0.3) is 5.91 Å². The number of carbonyl (C=O) groups excluding carboxylic acids is 1. The standard InChI is InChI=1S/C23H22FN7O/c1-30-4-6-31(7-5-30)21-9-15(2-3-26-21)20-14-28-22-19(20)8-16(11-27-22)23(32)29-18-10-17(24)12-25-13-18/h2-3,8-14H,4-7H2,1H3,(H,27,28)(H,29,32). The second-order valence-electron chi connectivity index (χ2n) is 7.86. The van der Waals surface area contributed by atoms with Gasteiger partial charge in [-0.15, -0.1) is 0 Å². The van der Waals surface area contributed by atoms with E-state index in [0.29, 0.717) is 11.2 Å². The van der Waals surface area contributed by atoms with Gasteiger partial charge >= 0.3 is 0 Å². The van der Waals surface area contributed by atoms with Crippen LogP contribution in [0.25, 0.3) is 22.2 Å². The van der Waals surface area contributed by atoms with Crippen LogP contribution < -0.4 is 10.2 Å². The second kappa shape index (κ2) is 8.35. The molecule has 1 fully saturated rings. The molecule has 0 saturated carbocycles. The largest absolute Gasteiger partial charge is 0.354 e. The lowest BCUT2D eigenvalue weighted by Gasteiger charge is -2.33. The number of aromatic nitrogens is 4. The number of fused-ring (bicyclic) bond motifs is 1. The Labute approximate surface area is 184 Å². The zero-order valence-electron chi connectivity index (χ0n) is 17.5. The Morgan fingerprint density at radius 2 is 1.94 bits per heavy atom. The SMILES string of the molecule is CN1CCN(c2cc(-c3c[nH]c4ncc(C(=O)Nc5cncc(F)c5)cc34)ccn2)CC1. The quantitative estimate of drug-likeness (QED) is 0.516. The average molecular weight is 431 g/mol. The molecule has 4 aromatic rings. The monoisotopic (exact) mass is 431 g/mol. The Bertz CT molecular complexity index is 1280. The first-order valence-electron chi connectivity index (χ1n) is 10.4. The number of aromatic amines is 1. The number of carbonyl (C=O) groups is 1. The van der Waals surface area contributed by atoms with E-state index in [-0.39, 0.29) is 11.6 Å². The predicted octanol–water partition coefficient (Wildman–Crippen LogP) is 3.16. The van der Waals surface area contributed by atoms with E-state index in [2.05, 4.69) is 48.2 Å². The van der Waals surface area contributed by atoms with Gasteiger partial charge in [-0.05, 0) is 30.8 Å². The maximum Gasteiger partial charge on any atom is 0.257 e. The van der Waals surface area contributed by atoms with Gasteiger partial charge in [-0.1, -0.05) is 0 Å². The van der Waals surface area contributed by atoms with Crippen LogP contribution in [-0.2, 0) is 0 Å². The number of rotatable bonds is 4. The normalized spacial score (nSPS) is 14.6. The number of nitrogens with zero attached hydrogens (tertiary/aromatic N) is 5. The Morgan fingerprint density at radius 3 is 2.75 bits per heavy atom. The van der Waals surface area contributed by atoms with Crippen LogP contribution in [0.3, 0.4) is 0 Å². The molecular formula is C23H22FN7O. The van der Waals surface area contributed by atoms with E-state index in [1.807, 2.05) is 18.5 Å². The number of likely N-dealkylation sites (N-methyl/N-ethyl adjacent to an activating group) is 1. The minimum Gasteiger partial charge on any atom is -0.354 e. The molecule has 0 bridgehead atoms. The summed E-state index contributed by atoms with van der Waals surface area (Å²) in [7, 11) is 2.12. The van der Waals surface area contributed by atoms with Crippen LogP contribution in [0.1, 0.15) is 10.4 Å². The molecule has 2 N–H and O–H groups in total. The molecule has 9 heteroatoms. The Morgan fingerprint density at radius 1 is 1.09 bits per heavy atom. The molecule has 0 aromatic carbocycles. The fourth-order valence-corrected chi connectivity index (χ4v) is 3.84. The van der Waals surface area contributed by atoms with Gasteiger partial charge in [0, 0.05) is 61.8 Å². The minimum atomic E-state index is -0.516. The van der Waals surface area contributed by atoms with Crippen molar-refractivity contribution in [3.05, 3.63) is 66.6 Å². The minimum absolute atomic E-state index is 0.287. The lowest BCUT2D eigenvalue weighted by molar-refractivity contribution is 0.102. The Hall–Kier alpha value is -3.85. The van der Waals surface area contributed by atoms with Crippen LogP contribution >= 0.6 is 0 Å². The highest BCUT2D eigenvalue weighted by Crippen LogP contribution is 2.30. The molecule has 0 radical (unpaired) electrons. The fourth-order valence-electron chi connectivity index (χ4n) is 3.84. The van der Waals surface area contributed by atoms with Crippen molar-refractivity contribution in [1.29, 1.82) is 0 Å². The predicted molar refractivity (Wildman–Crippen MR) is 121 cm³/mol. The van der Waals surface area contributed by atoms with Crippen LogP contribution in [0.4, 0.5) is 15.9 Å². The number of H-pyrrole nitrogens is 1. The first-order valence-corrected chi connectivity index (χ1v) is 10.4. The zero-order chi connectivity index (χ0) is 22.1. The summed E-state index contributed by atoms with van der Waals surface area (Å²) in [5.41, 5.74) is 3.27. The van der Waals surface area contributed by atoms with E-state index in [9.17, 15) is 9.18 Å². The van der Waals surface area contributed by atoms with Crippen LogP contribution in [0, 0.1) is 5.82 Å². The fraction of sp³-hybridized carbons (Fsp3) is 0.217. The van der Waals surface area contributed by atoms with Gasteiger partial charge in [0.1, 0.15) is 17.3 Å². The lowest BCUT2D eigenvalue weighted by atomic mass is 10.1. The van der Waals surface area contributed by atoms with Crippen LogP contribution in [0.5, 0.6) is 0 Å². The summed E-state index contributed by atoms with van der Waals surface area (Å²) in [6.45, 7) is 3.87. The highest BCUT2D eigenvalue weighted by Gasteiger charge is 2.17. The average Bonchev–Trinajstić information content (AvgIpc) is 3.23. The van der Waals surface area contributed by atoms with Crippen molar-refractivity contribution in [3.8, 4) is 11.1 Å². The second-order valence-corrected chi connectivity index (χ2v) is 7.86. The van der Waals surface area contributed by atoms with Crippen LogP contribution in [0.2, 0.25) is 0 Å². The van der Waals surface area contributed by atoms with Crippen LogP contribution in [0.15, 0.2) is 55.2 Å². The summed E-state index contributed by atoms with van der Waals surface area (Å²) < 4.78 is 13.4. The third-order valence-electron chi connectivity index (χ3n) is 5.64. The summed E-state index contributed by atoms with van der Waals surface area (Å²) in [6, 6.07) is 7.02.